The van der Waals surface area contributed by atoms with Crippen molar-refractivity contribution in [2.24, 2.45) is 5.73 Å². The van der Waals surface area contributed by atoms with Crippen LogP contribution in [-0.4, -0.2) is 5.71 Å². The first-order valence-corrected chi connectivity index (χ1v) is 8.69. The zero-order valence-corrected chi connectivity index (χ0v) is 14.7. The minimum atomic E-state index is 0.476. The predicted molar refractivity (Wildman–Crippen MR) is 109 cm³/mol. The lowest BCUT2D eigenvalue weighted by molar-refractivity contribution is 0.866. The molecule has 0 aliphatic heterocycles. The molecule has 3 aromatic rings. The maximum absolute atomic E-state index is 8.43. The number of hydrogen-bond acceptors (Lipinski definition) is 3. The van der Waals surface area contributed by atoms with E-state index >= 15 is 0 Å². The molecule has 0 fully saturated rings. The summed E-state index contributed by atoms with van der Waals surface area (Å²) >= 11 is 0. The molecule has 0 unspecified atom stereocenters. The van der Waals surface area contributed by atoms with Crippen LogP contribution in [0.25, 0.3) is 5.70 Å². The van der Waals surface area contributed by atoms with E-state index in [9.17, 15) is 0 Å². The quantitative estimate of drug-likeness (QED) is 0.560. The minimum Gasteiger partial charge on any atom is -0.380 e. The molecule has 0 saturated heterocycles. The summed E-state index contributed by atoms with van der Waals surface area (Å²) in [6, 6.07) is 28.0. The van der Waals surface area contributed by atoms with E-state index in [2.05, 4.69) is 17.4 Å². The van der Waals surface area contributed by atoms with Gasteiger partial charge in [0.15, 0.2) is 0 Å². The fourth-order valence-corrected chi connectivity index (χ4v) is 2.82. The molecule has 3 nitrogen and oxygen atoms in total. The van der Waals surface area contributed by atoms with Gasteiger partial charge >= 0.3 is 0 Å². The Kier molecular flexibility index (Phi) is 5.96. The van der Waals surface area contributed by atoms with Gasteiger partial charge < -0.3 is 16.5 Å². The first-order valence-electron chi connectivity index (χ1n) is 8.69. The Morgan fingerprint density at radius 3 is 1.92 bits per heavy atom. The lowest BCUT2D eigenvalue weighted by Crippen LogP contribution is -2.15. The highest BCUT2D eigenvalue weighted by molar-refractivity contribution is 6.10. The van der Waals surface area contributed by atoms with Crippen molar-refractivity contribution in [1.82, 2.24) is 5.32 Å². The number of rotatable bonds is 7. The number of nitrogens with one attached hydrogen (secondary N) is 2. The minimum absolute atomic E-state index is 0.476. The first-order chi connectivity index (χ1) is 12.8. The topological polar surface area (TPSA) is 61.9 Å². The van der Waals surface area contributed by atoms with Crippen LogP contribution in [-0.2, 0) is 13.1 Å². The molecule has 0 saturated carbocycles. The van der Waals surface area contributed by atoms with Gasteiger partial charge in [-0.15, -0.1) is 0 Å². The predicted octanol–water partition coefficient (Wildman–Crippen LogP) is 4.34. The van der Waals surface area contributed by atoms with Gasteiger partial charge in [-0.05, 0) is 28.3 Å². The Bertz CT molecular complexity index is 884. The van der Waals surface area contributed by atoms with Gasteiger partial charge in [0, 0.05) is 18.8 Å². The van der Waals surface area contributed by atoms with Gasteiger partial charge in [-0.25, -0.2) is 0 Å². The smallest absolute Gasteiger partial charge is 0.0632 e. The SMILES string of the molecule is N=C(/C=C(\NCc1ccccc1CN)c1ccccc1)c1ccccc1. The van der Waals surface area contributed by atoms with Crippen molar-refractivity contribution in [3.05, 3.63) is 113 Å². The molecule has 0 radical (unpaired) electrons. The molecule has 0 aliphatic carbocycles. The van der Waals surface area contributed by atoms with Crippen LogP contribution in [0.3, 0.4) is 0 Å². The van der Waals surface area contributed by atoms with Crippen LogP contribution in [0.1, 0.15) is 22.3 Å². The third-order valence-corrected chi connectivity index (χ3v) is 4.27. The Labute approximate surface area is 154 Å². The maximum atomic E-state index is 8.43. The van der Waals surface area contributed by atoms with Gasteiger partial charge in [0.25, 0.3) is 0 Å². The zero-order chi connectivity index (χ0) is 18.2. The number of nitrogens with two attached hydrogens (primary N) is 1. The number of benzene rings is 3. The Morgan fingerprint density at radius 2 is 1.31 bits per heavy atom. The Balaban J connectivity index is 1.87. The number of hydrogen-bond donors (Lipinski definition) is 3. The monoisotopic (exact) mass is 341 g/mol. The van der Waals surface area contributed by atoms with E-state index in [0.29, 0.717) is 18.8 Å². The van der Waals surface area contributed by atoms with Crippen LogP contribution in [0.5, 0.6) is 0 Å². The van der Waals surface area contributed by atoms with E-state index in [1.807, 2.05) is 78.9 Å². The van der Waals surface area contributed by atoms with Crippen molar-refractivity contribution < 1.29 is 0 Å². The summed E-state index contributed by atoms with van der Waals surface area (Å²) in [5, 5.41) is 11.9. The second kappa shape index (κ2) is 8.79. The van der Waals surface area contributed by atoms with Crippen LogP contribution >= 0.6 is 0 Å². The Hall–Kier alpha value is -3.17. The summed E-state index contributed by atoms with van der Waals surface area (Å²) in [5.41, 5.74) is 11.5. The lowest BCUT2D eigenvalue weighted by atomic mass is 10.0. The van der Waals surface area contributed by atoms with Crippen LogP contribution in [0.15, 0.2) is 91.0 Å². The van der Waals surface area contributed by atoms with Crippen molar-refractivity contribution in [3.63, 3.8) is 0 Å². The molecule has 0 bridgehead atoms. The van der Waals surface area contributed by atoms with Crippen molar-refractivity contribution >= 4 is 11.4 Å². The molecule has 3 rings (SSSR count). The van der Waals surface area contributed by atoms with E-state index in [1.54, 1.807) is 0 Å². The summed E-state index contributed by atoms with van der Waals surface area (Å²) in [6.07, 6.45) is 1.88. The molecule has 3 aromatic carbocycles. The van der Waals surface area contributed by atoms with E-state index < -0.39 is 0 Å². The van der Waals surface area contributed by atoms with E-state index in [4.69, 9.17) is 11.1 Å². The van der Waals surface area contributed by atoms with Gasteiger partial charge in [-0.2, -0.15) is 0 Å². The van der Waals surface area contributed by atoms with Gasteiger partial charge in [0.1, 0.15) is 0 Å². The summed E-state index contributed by atoms with van der Waals surface area (Å²) < 4.78 is 0. The molecule has 0 atom stereocenters. The molecular weight excluding hydrogens is 318 g/mol. The number of allylic oxidation sites excluding steroid dienone is 1. The molecule has 0 aliphatic rings. The highest BCUT2D eigenvalue weighted by atomic mass is 14.9. The van der Waals surface area contributed by atoms with Crippen molar-refractivity contribution in [2.45, 2.75) is 13.1 Å². The standard InChI is InChI=1S/C23H23N3/c24-16-20-13-7-8-14-21(20)17-26-23(19-11-5-2-6-12-19)15-22(25)18-9-3-1-4-10-18/h1-15,25-26H,16-17,24H2/b23-15-,25-22?. The second-order valence-corrected chi connectivity index (χ2v) is 6.03. The van der Waals surface area contributed by atoms with E-state index in [0.717, 1.165) is 22.4 Å². The van der Waals surface area contributed by atoms with Crippen molar-refractivity contribution in [1.29, 1.82) is 5.41 Å². The summed E-state index contributed by atoms with van der Waals surface area (Å²) in [7, 11) is 0. The van der Waals surface area contributed by atoms with Crippen LogP contribution < -0.4 is 11.1 Å². The molecule has 0 amide bonds. The lowest BCUT2D eigenvalue weighted by Gasteiger charge is -2.14. The molecule has 3 heteroatoms. The summed E-state index contributed by atoms with van der Waals surface area (Å²) in [4.78, 5) is 0. The third-order valence-electron chi connectivity index (χ3n) is 4.27. The Morgan fingerprint density at radius 1 is 0.769 bits per heavy atom. The highest BCUT2D eigenvalue weighted by Crippen LogP contribution is 2.15. The molecule has 4 N–H and O–H groups in total. The largest absolute Gasteiger partial charge is 0.380 e. The van der Waals surface area contributed by atoms with E-state index in [1.165, 1.54) is 5.56 Å². The normalized spacial score (nSPS) is 11.2. The maximum Gasteiger partial charge on any atom is 0.0632 e. The molecule has 0 heterocycles. The van der Waals surface area contributed by atoms with Crippen molar-refractivity contribution in [3.8, 4) is 0 Å². The van der Waals surface area contributed by atoms with Crippen LogP contribution in [0.4, 0.5) is 0 Å². The van der Waals surface area contributed by atoms with Crippen molar-refractivity contribution in [2.75, 3.05) is 0 Å². The molecule has 130 valence electrons. The van der Waals surface area contributed by atoms with Gasteiger partial charge in [-0.1, -0.05) is 84.9 Å². The van der Waals surface area contributed by atoms with Gasteiger partial charge in [0.05, 0.1) is 5.71 Å². The fourth-order valence-electron chi connectivity index (χ4n) is 2.82. The summed E-state index contributed by atoms with van der Waals surface area (Å²) in [6.45, 7) is 1.18. The van der Waals surface area contributed by atoms with Gasteiger partial charge in [0.2, 0.25) is 0 Å². The van der Waals surface area contributed by atoms with Gasteiger partial charge in [-0.3, -0.25) is 0 Å². The third kappa shape index (κ3) is 4.47. The molecule has 26 heavy (non-hydrogen) atoms. The second-order valence-electron chi connectivity index (χ2n) is 6.03. The molecule has 0 aromatic heterocycles. The summed E-state index contributed by atoms with van der Waals surface area (Å²) in [5.74, 6) is 0. The average molecular weight is 341 g/mol. The van der Waals surface area contributed by atoms with Crippen LogP contribution in [0, 0.1) is 5.41 Å². The molecule has 0 spiro atoms. The van der Waals surface area contributed by atoms with Crippen LogP contribution in [0.2, 0.25) is 0 Å². The highest BCUT2D eigenvalue weighted by Gasteiger charge is 2.06. The first kappa shape index (κ1) is 17.6. The van der Waals surface area contributed by atoms with E-state index in [-0.39, 0.29) is 0 Å². The zero-order valence-electron chi connectivity index (χ0n) is 14.7. The fraction of sp³-hybridized carbons (Fsp3) is 0.0870. The molecular formula is C23H23N3. The average Bonchev–Trinajstić information content (AvgIpc) is 2.72.